The second-order valence-corrected chi connectivity index (χ2v) is 5.68. The van der Waals surface area contributed by atoms with Gasteiger partial charge >= 0.3 is 0 Å². The first kappa shape index (κ1) is 13.3. The largest absolute Gasteiger partial charge is 0.308 e. The van der Waals surface area contributed by atoms with Crippen molar-refractivity contribution in [1.82, 2.24) is 20.3 Å². The molecule has 1 fully saturated rings. The van der Waals surface area contributed by atoms with Gasteiger partial charge in [0.1, 0.15) is 0 Å². The quantitative estimate of drug-likeness (QED) is 0.908. The molecule has 0 amide bonds. The highest BCUT2D eigenvalue weighted by molar-refractivity contribution is 5.28. The van der Waals surface area contributed by atoms with Crippen molar-refractivity contribution in [3.8, 4) is 5.69 Å². The number of nitrogens with zero attached hydrogens (tertiary/aromatic N) is 3. The molecule has 3 rings (SSSR count). The van der Waals surface area contributed by atoms with Crippen molar-refractivity contribution in [1.29, 1.82) is 0 Å². The second-order valence-electron chi connectivity index (χ2n) is 5.68. The van der Waals surface area contributed by atoms with E-state index in [-0.39, 0.29) is 0 Å². The molecule has 2 aromatic rings. The SMILES string of the molecule is C[C@@H](NCc1cnn(-c2ccccc2)n1)C1CCCC1. The van der Waals surface area contributed by atoms with Crippen LogP contribution in [-0.4, -0.2) is 21.0 Å². The van der Waals surface area contributed by atoms with Crippen LogP contribution in [0.25, 0.3) is 5.69 Å². The molecular weight excluding hydrogens is 248 g/mol. The zero-order chi connectivity index (χ0) is 13.8. The van der Waals surface area contributed by atoms with Crippen LogP contribution >= 0.6 is 0 Å². The highest BCUT2D eigenvalue weighted by Gasteiger charge is 2.21. The molecule has 106 valence electrons. The maximum absolute atomic E-state index is 4.52. The third-order valence-electron chi connectivity index (χ3n) is 4.24. The van der Waals surface area contributed by atoms with Gasteiger partial charge in [-0.25, -0.2) is 0 Å². The number of rotatable bonds is 5. The summed E-state index contributed by atoms with van der Waals surface area (Å²) in [7, 11) is 0. The molecule has 1 heterocycles. The molecule has 4 heteroatoms. The minimum atomic E-state index is 0.569. The van der Waals surface area contributed by atoms with Gasteiger partial charge in [0, 0.05) is 12.6 Å². The molecular formula is C16H22N4. The van der Waals surface area contributed by atoms with Crippen LogP contribution in [0.4, 0.5) is 0 Å². The van der Waals surface area contributed by atoms with E-state index in [0.29, 0.717) is 6.04 Å². The Morgan fingerprint density at radius 1 is 1.25 bits per heavy atom. The fourth-order valence-electron chi connectivity index (χ4n) is 2.95. The van der Waals surface area contributed by atoms with Gasteiger partial charge in [-0.2, -0.15) is 15.0 Å². The van der Waals surface area contributed by atoms with Crippen molar-refractivity contribution >= 4 is 0 Å². The fraction of sp³-hybridized carbons (Fsp3) is 0.500. The molecule has 0 spiro atoms. The molecule has 0 unspecified atom stereocenters. The van der Waals surface area contributed by atoms with Crippen LogP contribution in [-0.2, 0) is 6.54 Å². The van der Waals surface area contributed by atoms with Gasteiger partial charge in [-0.3, -0.25) is 0 Å². The summed E-state index contributed by atoms with van der Waals surface area (Å²) in [5.74, 6) is 0.833. The Bertz CT molecular complexity index is 528. The summed E-state index contributed by atoms with van der Waals surface area (Å²) in [5.41, 5.74) is 2.00. The molecule has 20 heavy (non-hydrogen) atoms. The van der Waals surface area contributed by atoms with Gasteiger partial charge in [0.05, 0.1) is 17.6 Å². The van der Waals surface area contributed by atoms with Gasteiger partial charge < -0.3 is 5.32 Å². The van der Waals surface area contributed by atoms with E-state index in [1.54, 1.807) is 4.80 Å². The molecule has 1 aromatic heterocycles. The summed E-state index contributed by atoms with van der Waals surface area (Å²) in [6.07, 6.45) is 7.36. The molecule has 1 aliphatic rings. The van der Waals surface area contributed by atoms with Crippen molar-refractivity contribution in [3.63, 3.8) is 0 Å². The Balaban J connectivity index is 1.57. The molecule has 1 aliphatic carbocycles. The smallest absolute Gasteiger partial charge is 0.0969 e. The van der Waals surface area contributed by atoms with Gasteiger partial charge in [-0.05, 0) is 37.8 Å². The molecule has 0 bridgehead atoms. The Morgan fingerprint density at radius 3 is 2.75 bits per heavy atom. The van der Waals surface area contributed by atoms with E-state index in [1.165, 1.54) is 25.7 Å². The number of benzene rings is 1. The zero-order valence-electron chi connectivity index (χ0n) is 12.0. The van der Waals surface area contributed by atoms with E-state index < -0.39 is 0 Å². The van der Waals surface area contributed by atoms with E-state index in [1.807, 2.05) is 36.5 Å². The average molecular weight is 270 g/mol. The molecule has 0 saturated heterocycles. The van der Waals surface area contributed by atoms with Crippen LogP contribution in [0, 0.1) is 5.92 Å². The fourth-order valence-corrected chi connectivity index (χ4v) is 2.95. The van der Waals surface area contributed by atoms with Crippen LogP contribution in [0.1, 0.15) is 38.3 Å². The van der Waals surface area contributed by atoms with E-state index in [2.05, 4.69) is 22.4 Å². The second kappa shape index (κ2) is 6.18. The number of hydrogen-bond acceptors (Lipinski definition) is 3. The maximum Gasteiger partial charge on any atom is 0.0969 e. The summed E-state index contributed by atoms with van der Waals surface area (Å²) in [4.78, 5) is 1.69. The van der Waals surface area contributed by atoms with Gasteiger partial charge in [0.25, 0.3) is 0 Å². The molecule has 1 atom stereocenters. The Hall–Kier alpha value is -1.68. The first-order valence-electron chi connectivity index (χ1n) is 7.53. The van der Waals surface area contributed by atoms with Gasteiger partial charge in [-0.1, -0.05) is 31.0 Å². The lowest BCUT2D eigenvalue weighted by Gasteiger charge is -2.19. The maximum atomic E-state index is 4.52. The summed E-state index contributed by atoms with van der Waals surface area (Å²) in [6.45, 7) is 3.09. The van der Waals surface area contributed by atoms with Gasteiger partial charge in [-0.15, -0.1) is 0 Å². The first-order chi connectivity index (χ1) is 9.83. The average Bonchev–Trinajstić information content (AvgIpc) is 3.17. The van der Waals surface area contributed by atoms with E-state index in [4.69, 9.17) is 0 Å². The predicted octanol–water partition coefficient (Wildman–Crippen LogP) is 2.94. The lowest BCUT2D eigenvalue weighted by atomic mass is 10.00. The molecule has 0 aliphatic heterocycles. The van der Waals surface area contributed by atoms with Crippen molar-refractivity contribution in [3.05, 3.63) is 42.2 Å². The van der Waals surface area contributed by atoms with Crippen molar-refractivity contribution < 1.29 is 0 Å². The molecule has 0 radical (unpaired) electrons. The normalized spacial score (nSPS) is 17.4. The summed E-state index contributed by atoms with van der Waals surface area (Å²) in [6, 6.07) is 10.6. The number of aromatic nitrogens is 3. The monoisotopic (exact) mass is 270 g/mol. The summed E-state index contributed by atoms with van der Waals surface area (Å²) < 4.78 is 0. The minimum Gasteiger partial charge on any atom is -0.308 e. The van der Waals surface area contributed by atoms with Crippen LogP contribution in [0.3, 0.4) is 0 Å². The topological polar surface area (TPSA) is 42.7 Å². The van der Waals surface area contributed by atoms with E-state index in [0.717, 1.165) is 23.8 Å². The van der Waals surface area contributed by atoms with Crippen LogP contribution in [0.15, 0.2) is 36.5 Å². The van der Waals surface area contributed by atoms with E-state index >= 15 is 0 Å². The van der Waals surface area contributed by atoms with Crippen molar-refractivity contribution in [2.45, 2.75) is 45.2 Å². The van der Waals surface area contributed by atoms with Crippen LogP contribution < -0.4 is 5.32 Å². The Labute approximate surface area is 120 Å². The number of nitrogens with one attached hydrogen (secondary N) is 1. The predicted molar refractivity (Wildman–Crippen MR) is 79.6 cm³/mol. The molecule has 1 aromatic carbocycles. The van der Waals surface area contributed by atoms with E-state index in [9.17, 15) is 0 Å². The zero-order valence-corrected chi connectivity index (χ0v) is 12.0. The summed E-state index contributed by atoms with van der Waals surface area (Å²) >= 11 is 0. The van der Waals surface area contributed by atoms with Crippen LogP contribution in [0.2, 0.25) is 0 Å². The van der Waals surface area contributed by atoms with Gasteiger partial charge in [0.2, 0.25) is 0 Å². The molecule has 1 N–H and O–H groups in total. The Morgan fingerprint density at radius 2 is 2.00 bits per heavy atom. The van der Waals surface area contributed by atoms with Gasteiger partial charge in [0.15, 0.2) is 0 Å². The van der Waals surface area contributed by atoms with Crippen LogP contribution in [0.5, 0.6) is 0 Å². The third kappa shape index (κ3) is 3.07. The number of hydrogen-bond donors (Lipinski definition) is 1. The lowest BCUT2D eigenvalue weighted by Crippen LogP contribution is -2.31. The number of para-hydroxylation sites is 1. The van der Waals surface area contributed by atoms with Crippen molar-refractivity contribution in [2.75, 3.05) is 0 Å². The van der Waals surface area contributed by atoms with Crippen molar-refractivity contribution in [2.24, 2.45) is 5.92 Å². The standard InChI is InChI=1S/C16H22N4/c1-13(14-7-5-6-8-14)17-11-15-12-18-20(19-15)16-9-3-2-4-10-16/h2-4,9-10,12-14,17H,5-8,11H2,1H3/t13-/m1/s1. The summed E-state index contributed by atoms with van der Waals surface area (Å²) in [5, 5.41) is 12.4. The first-order valence-corrected chi connectivity index (χ1v) is 7.53. The minimum absolute atomic E-state index is 0.569. The lowest BCUT2D eigenvalue weighted by molar-refractivity contribution is 0.378. The molecule has 1 saturated carbocycles. The third-order valence-corrected chi connectivity index (χ3v) is 4.24. The highest BCUT2D eigenvalue weighted by atomic mass is 15.5. The Kier molecular flexibility index (Phi) is 4.11. The highest BCUT2D eigenvalue weighted by Crippen LogP contribution is 2.27. The molecule has 4 nitrogen and oxygen atoms in total.